The Kier molecular flexibility index (Phi) is 5.13. The molecule has 0 spiro atoms. The van der Waals surface area contributed by atoms with Crippen molar-refractivity contribution in [2.75, 3.05) is 11.1 Å². The zero-order valence-corrected chi connectivity index (χ0v) is 13.6. The summed E-state index contributed by atoms with van der Waals surface area (Å²) in [7, 11) is 0. The zero-order chi connectivity index (χ0) is 14.5. The van der Waals surface area contributed by atoms with Crippen molar-refractivity contribution in [3.8, 4) is 0 Å². The molecule has 0 amide bonds. The normalized spacial score (nSPS) is 10.6. The Balaban J connectivity index is 2.15. The van der Waals surface area contributed by atoms with Crippen LogP contribution in [0.3, 0.4) is 0 Å². The van der Waals surface area contributed by atoms with Gasteiger partial charge in [0.1, 0.15) is 0 Å². The Bertz CT molecular complexity index is 590. The fraction of sp³-hybridized carbons (Fsp3) is 0.333. The van der Waals surface area contributed by atoms with E-state index in [2.05, 4.69) is 69.4 Å². The van der Waals surface area contributed by atoms with Crippen LogP contribution in [0.5, 0.6) is 0 Å². The number of benzene rings is 2. The summed E-state index contributed by atoms with van der Waals surface area (Å²) in [6.07, 6.45) is 0. The second-order valence-corrected chi connectivity index (χ2v) is 6.45. The molecule has 2 heteroatoms. The van der Waals surface area contributed by atoms with E-state index in [1.54, 1.807) is 0 Å². The van der Waals surface area contributed by atoms with Gasteiger partial charge in [0.15, 0.2) is 0 Å². The summed E-state index contributed by atoms with van der Waals surface area (Å²) in [5, 5.41) is 3.58. The molecule has 0 saturated carbocycles. The lowest BCUT2D eigenvalue weighted by Gasteiger charge is -2.14. The molecular formula is C18H23NS. The molecule has 0 atom stereocenters. The molecule has 20 heavy (non-hydrogen) atoms. The molecule has 1 N–H and O–H groups in total. The highest BCUT2D eigenvalue weighted by Gasteiger charge is 2.04. The van der Waals surface area contributed by atoms with E-state index in [9.17, 15) is 0 Å². The molecular weight excluding hydrogens is 262 g/mol. The van der Waals surface area contributed by atoms with Crippen molar-refractivity contribution in [3.63, 3.8) is 0 Å². The fourth-order valence-corrected chi connectivity index (χ4v) is 3.08. The van der Waals surface area contributed by atoms with Gasteiger partial charge in [-0.2, -0.15) is 0 Å². The highest BCUT2D eigenvalue weighted by Crippen LogP contribution is 2.27. The van der Waals surface area contributed by atoms with Crippen molar-refractivity contribution in [2.45, 2.75) is 39.1 Å². The van der Waals surface area contributed by atoms with Crippen LogP contribution < -0.4 is 5.32 Å². The van der Waals surface area contributed by atoms with Crippen molar-refractivity contribution in [1.82, 2.24) is 0 Å². The quantitative estimate of drug-likeness (QED) is 0.745. The van der Waals surface area contributed by atoms with E-state index in [1.807, 2.05) is 11.8 Å². The van der Waals surface area contributed by atoms with E-state index in [0.29, 0.717) is 0 Å². The number of hydrogen-bond donors (Lipinski definition) is 1. The minimum absolute atomic E-state index is 0.883. The number of nitrogens with one attached hydrogen (secondary N) is 1. The monoisotopic (exact) mass is 285 g/mol. The number of thioether (sulfide) groups is 1. The molecule has 2 rings (SSSR count). The highest BCUT2D eigenvalue weighted by atomic mass is 32.2. The maximum Gasteiger partial charge on any atom is 0.0481 e. The first kappa shape index (κ1) is 15.0. The molecule has 0 aliphatic rings. The van der Waals surface area contributed by atoms with Crippen LogP contribution in [-0.2, 0) is 6.54 Å². The van der Waals surface area contributed by atoms with Gasteiger partial charge < -0.3 is 5.32 Å². The Morgan fingerprint density at radius 1 is 0.950 bits per heavy atom. The molecule has 0 heterocycles. The number of rotatable bonds is 5. The minimum Gasteiger partial charge on any atom is -0.380 e. The standard InChI is InChI=1S/C18H23NS/c1-5-20-18-9-7-6-8-17(18)19-12-16-11-14(3)13(2)10-15(16)4/h6-11,19H,5,12H2,1-4H3. The van der Waals surface area contributed by atoms with Crippen molar-refractivity contribution < 1.29 is 0 Å². The van der Waals surface area contributed by atoms with E-state index >= 15 is 0 Å². The maximum atomic E-state index is 3.58. The molecule has 0 aliphatic carbocycles. The Hall–Kier alpha value is -1.41. The van der Waals surface area contributed by atoms with Crippen LogP contribution in [0.15, 0.2) is 41.3 Å². The molecule has 2 aromatic carbocycles. The first-order valence-corrected chi connectivity index (χ1v) is 8.12. The summed E-state index contributed by atoms with van der Waals surface area (Å²) in [6.45, 7) is 9.62. The zero-order valence-electron chi connectivity index (χ0n) is 12.8. The Morgan fingerprint density at radius 2 is 1.65 bits per heavy atom. The molecule has 0 aromatic heterocycles. The Morgan fingerprint density at radius 3 is 2.40 bits per heavy atom. The van der Waals surface area contributed by atoms with E-state index in [4.69, 9.17) is 0 Å². The number of hydrogen-bond acceptors (Lipinski definition) is 2. The summed E-state index contributed by atoms with van der Waals surface area (Å²) < 4.78 is 0. The predicted octanol–water partition coefficient (Wildman–Crippen LogP) is 5.34. The van der Waals surface area contributed by atoms with Gasteiger partial charge in [-0.05, 0) is 60.9 Å². The van der Waals surface area contributed by atoms with E-state index < -0.39 is 0 Å². The van der Waals surface area contributed by atoms with Gasteiger partial charge in [0.2, 0.25) is 0 Å². The first-order valence-electron chi connectivity index (χ1n) is 7.14. The topological polar surface area (TPSA) is 12.0 Å². The molecule has 106 valence electrons. The van der Waals surface area contributed by atoms with Crippen molar-refractivity contribution in [2.24, 2.45) is 0 Å². The third kappa shape index (κ3) is 3.57. The fourth-order valence-electron chi connectivity index (χ4n) is 2.30. The van der Waals surface area contributed by atoms with Gasteiger partial charge in [-0.1, -0.05) is 31.2 Å². The summed E-state index contributed by atoms with van der Waals surface area (Å²) in [5.41, 5.74) is 6.71. The van der Waals surface area contributed by atoms with Crippen LogP contribution in [0, 0.1) is 20.8 Å². The second kappa shape index (κ2) is 6.85. The molecule has 0 saturated heterocycles. The van der Waals surface area contributed by atoms with Gasteiger partial charge in [-0.3, -0.25) is 0 Å². The lowest BCUT2D eigenvalue weighted by molar-refractivity contribution is 1.09. The lowest BCUT2D eigenvalue weighted by atomic mass is 10.0. The van der Waals surface area contributed by atoms with Gasteiger partial charge in [-0.15, -0.1) is 11.8 Å². The summed E-state index contributed by atoms with van der Waals surface area (Å²) in [4.78, 5) is 1.33. The van der Waals surface area contributed by atoms with Crippen LogP contribution in [0.25, 0.3) is 0 Å². The maximum absolute atomic E-state index is 3.58. The number of anilines is 1. The first-order chi connectivity index (χ1) is 9.61. The Labute approximate surface area is 126 Å². The second-order valence-electron chi connectivity index (χ2n) is 5.15. The average Bonchev–Trinajstić information content (AvgIpc) is 2.43. The van der Waals surface area contributed by atoms with E-state index in [0.717, 1.165) is 12.3 Å². The van der Waals surface area contributed by atoms with Gasteiger partial charge in [0, 0.05) is 17.1 Å². The molecule has 0 radical (unpaired) electrons. The SMILES string of the molecule is CCSc1ccccc1NCc1cc(C)c(C)cc1C. The van der Waals surface area contributed by atoms with Gasteiger partial charge in [-0.25, -0.2) is 0 Å². The van der Waals surface area contributed by atoms with Crippen molar-refractivity contribution in [3.05, 3.63) is 58.7 Å². The smallest absolute Gasteiger partial charge is 0.0481 e. The van der Waals surface area contributed by atoms with Gasteiger partial charge in [0.25, 0.3) is 0 Å². The molecule has 0 unspecified atom stereocenters. The number of para-hydroxylation sites is 1. The summed E-state index contributed by atoms with van der Waals surface area (Å²) in [5.74, 6) is 1.10. The molecule has 0 aliphatic heterocycles. The van der Waals surface area contributed by atoms with Crippen LogP contribution in [0.1, 0.15) is 29.2 Å². The van der Waals surface area contributed by atoms with Crippen LogP contribution >= 0.6 is 11.8 Å². The third-order valence-corrected chi connectivity index (χ3v) is 4.56. The molecule has 0 bridgehead atoms. The summed E-state index contributed by atoms with van der Waals surface area (Å²) >= 11 is 1.88. The van der Waals surface area contributed by atoms with Gasteiger partial charge >= 0.3 is 0 Å². The third-order valence-electron chi connectivity index (χ3n) is 3.61. The molecule has 0 fully saturated rings. The van der Waals surface area contributed by atoms with Crippen molar-refractivity contribution >= 4 is 17.4 Å². The summed E-state index contributed by atoms with van der Waals surface area (Å²) in [6, 6.07) is 13.1. The van der Waals surface area contributed by atoms with Gasteiger partial charge in [0.05, 0.1) is 0 Å². The van der Waals surface area contributed by atoms with Crippen molar-refractivity contribution in [1.29, 1.82) is 0 Å². The molecule has 1 nitrogen and oxygen atoms in total. The average molecular weight is 285 g/mol. The van der Waals surface area contributed by atoms with Crippen LogP contribution in [0.4, 0.5) is 5.69 Å². The minimum atomic E-state index is 0.883. The largest absolute Gasteiger partial charge is 0.380 e. The lowest BCUT2D eigenvalue weighted by Crippen LogP contribution is -2.03. The predicted molar refractivity (Wildman–Crippen MR) is 90.8 cm³/mol. The highest BCUT2D eigenvalue weighted by molar-refractivity contribution is 7.99. The number of aryl methyl sites for hydroxylation is 3. The molecule has 2 aromatic rings. The van der Waals surface area contributed by atoms with Crippen LogP contribution in [0.2, 0.25) is 0 Å². The van der Waals surface area contributed by atoms with Crippen LogP contribution in [-0.4, -0.2) is 5.75 Å². The van der Waals surface area contributed by atoms with E-state index in [-0.39, 0.29) is 0 Å². The van der Waals surface area contributed by atoms with E-state index in [1.165, 1.54) is 32.8 Å².